The van der Waals surface area contributed by atoms with Crippen LogP contribution >= 0.6 is 0 Å². The molecule has 0 N–H and O–H groups in total. The lowest BCUT2D eigenvalue weighted by Gasteiger charge is -2.11. The predicted octanol–water partition coefficient (Wildman–Crippen LogP) is 1.04. The van der Waals surface area contributed by atoms with Gasteiger partial charge in [0.25, 0.3) is 5.91 Å². The third kappa shape index (κ3) is 1.12. The van der Waals surface area contributed by atoms with Gasteiger partial charge in [-0.1, -0.05) is 6.92 Å². The summed E-state index contributed by atoms with van der Waals surface area (Å²) in [4.78, 5) is 18.5. The highest BCUT2D eigenvalue weighted by Gasteiger charge is 2.20. The molecular weight excluding hydrogens is 128 g/mol. The van der Waals surface area contributed by atoms with Crippen molar-refractivity contribution in [2.75, 3.05) is 0 Å². The molecule has 0 bridgehead atoms. The van der Waals surface area contributed by atoms with Gasteiger partial charge in [0.05, 0.1) is 5.92 Å². The SMILES string of the molecule is CCC1C(=O)N=CN=C1C. The van der Waals surface area contributed by atoms with Crippen LogP contribution in [0.1, 0.15) is 20.3 Å². The minimum absolute atomic E-state index is 0.0602. The molecule has 0 radical (unpaired) electrons. The molecule has 1 atom stereocenters. The quantitative estimate of drug-likeness (QED) is 0.533. The first-order chi connectivity index (χ1) is 4.75. The van der Waals surface area contributed by atoms with E-state index in [0.29, 0.717) is 0 Å². The molecule has 1 heterocycles. The molecule has 1 aliphatic heterocycles. The summed E-state index contributed by atoms with van der Waals surface area (Å²) in [6, 6.07) is 0. The molecule has 1 aliphatic rings. The molecule has 0 aromatic rings. The van der Waals surface area contributed by atoms with E-state index in [1.807, 2.05) is 13.8 Å². The monoisotopic (exact) mass is 138 g/mol. The Morgan fingerprint density at radius 3 is 2.80 bits per heavy atom. The third-order valence-electron chi connectivity index (χ3n) is 1.66. The molecule has 0 fully saturated rings. The first-order valence-corrected chi connectivity index (χ1v) is 3.36. The van der Waals surface area contributed by atoms with E-state index in [0.717, 1.165) is 12.1 Å². The fourth-order valence-corrected chi connectivity index (χ4v) is 1.01. The molecular formula is C7H10N2O. The molecule has 0 aromatic heterocycles. The summed E-state index contributed by atoms with van der Waals surface area (Å²) in [5, 5.41) is 0. The first kappa shape index (κ1) is 7.12. The zero-order valence-electron chi connectivity index (χ0n) is 6.16. The second-order valence-corrected chi connectivity index (χ2v) is 2.31. The fraction of sp³-hybridized carbons (Fsp3) is 0.571. The van der Waals surface area contributed by atoms with Crippen molar-refractivity contribution in [3.63, 3.8) is 0 Å². The van der Waals surface area contributed by atoms with Gasteiger partial charge >= 0.3 is 0 Å². The average molecular weight is 138 g/mol. The van der Waals surface area contributed by atoms with Gasteiger partial charge in [-0.3, -0.25) is 4.79 Å². The standard InChI is InChI=1S/C7H10N2O/c1-3-6-5(2)8-4-9-7(6)10/h4,6H,3H2,1-2H3. The Labute approximate surface area is 59.9 Å². The highest BCUT2D eigenvalue weighted by atomic mass is 16.1. The number of nitrogens with zero attached hydrogens (tertiary/aromatic N) is 2. The average Bonchev–Trinajstić information content (AvgIpc) is 1.88. The second kappa shape index (κ2) is 2.73. The van der Waals surface area contributed by atoms with E-state index in [1.54, 1.807) is 0 Å². The van der Waals surface area contributed by atoms with E-state index in [4.69, 9.17) is 0 Å². The van der Waals surface area contributed by atoms with Gasteiger partial charge in [0.2, 0.25) is 0 Å². The van der Waals surface area contributed by atoms with Crippen molar-refractivity contribution in [1.29, 1.82) is 0 Å². The van der Waals surface area contributed by atoms with E-state index in [9.17, 15) is 4.79 Å². The summed E-state index contributed by atoms with van der Waals surface area (Å²) in [5.74, 6) is -0.125. The number of rotatable bonds is 1. The third-order valence-corrected chi connectivity index (χ3v) is 1.66. The van der Waals surface area contributed by atoms with E-state index in [-0.39, 0.29) is 11.8 Å². The predicted molar refractivity (Wildman–Crippen MR) is 40.4 cm³/mol. The zero-order chi connectivity index (χ0) is 7.56. The van der Waals surface area contributed by atoms with E-state index in [1.165, 1.54) is 6.34 Å². The highest BCUT2D eigenvalue weighted by molar-refractivity contribution is 6.10. The fourth-order valence-electron chi connectivity index (χ4n) is 1.01. The lowest BCUT2D eigenvalue weighted by Crippen LogP contribution is -2.22. The van der Waals surface area contributed by atoms with Gasteiger partial charge in [-0.2, -0.15) is 0 Å². The van der Waals surface area contributed by atoms with Crippen molar-refractivity contribution in [3.05, 3.63) is 0 Å². The van der Waals surface area contributed by atoms with Crippen molar-refractivity contribution in [2.45, 2.75) is 20.3 Å². The van der Waals surface area contributed by atoms with Crippen molar-refractivity contribution in [3.8, 4) is 0 Å². The molecule has 0 saturated carbocycles. The maximum absolute atomic E-state index is 11.0. The number of hydrogen-bond donors (Lipinski definition) is 0. The van der Waals surface area contributed by atoms with Crippen LogP contribution in [0.15, 0.2) is 9.98 Å². The number of carbonyl (C=O) groups is 1. The zero-order valence-corrected chi connectivity index (χ0v) is 6.16. The first-order valence-electron chi connectivity index (χ1n) is 3.36. The minimum Gasteiger partial charge on any atom is -0.272 e. The van der Waals surface area contributed by atoms with Gasteiger partial charge in [0.1, 0.15) is 6.34 Å². The Kier molecular flexibility index (Phi) is 1.94. The summed E-state index contributed by atoms with van der Waals surface area (Å²) in [7, 11) is 0. The second-order valence-electron chi connectivity index (χ2n) is 2.31. The molecule has 0 saturated heterocycles. The molecule has 54 valence electrons. The minimum atomic E-state index is -0.0648. The molecule has 1 rings (SSSR count). The molecule has 1 unspecified atom stereocenters. The topological polar surface area (TPSA) is 41.8 Å². The van der Waals surface area contributed by atoms with Crippen LogP contribution in [0.25, 0.3) is 0 Å². The van der Waals surface area contributed by atoms with Crippen LogP contribution < -0.4 is 0 Å². The Hall–Kier alpha value is -0.990. The Morgan fingerprint density at radius 2 is 2.40 bits per heavy atom. The van der Waals surface area contributed by atoms with Crippen LogP contribution in [0.5, 0.6) is 0 Å². The molecule has 0 aromatic carbocycles. The van der Waals surface area contributed by atoms with Gasteiger partial charge in [-0.15, -0.1) is 0 Å². The molecule has 0 aliphatic carbocycles. The molecule has 3 nitrogen and oxygen atoms in total. The van der Waals surface area contributed by atoms with Crippen molar-refractivity contribution < 1.29 is 4.79 Å². The van der Waals surface area contributed by atoms with Crippen LogP contribution in [0.4, 0.5) is 0 Å². The maximum Gasteiger partial charge on any atom is 0.255 e. The lowest BCUT2D eigenvalue weighted by molar-refractivity contribution is -0.119. The molecule has 1 amide bonds. The van der Waals surface area contributed by atoms with Crippen LogP contribution in [0, 0.1) is 5.92 Å². The number of amides is 1. The van der Waals surface area contributed by atoms with Gasteiger partial charge < -0.3 is 0 Å². The summed E-state index contributed by atoms with van der Waals surface area (Å²) in [6.07, 6.45) is 2.12. The van der Waals surface area contributed by atoms with Gasteiger partial charge in [-0.05, 0) is 13.3 Å². The largest absolute Gasteiger partial charge is 0.272 e. The van der Waals surface area contributed by atoms with Crippen LogP contribution in [-0.4, -0.2) is 18.0 Å². The number of carbonyl (C=O) groups excluding carboxylic acids is 1. The van der Waals surface area contributed by atoms with Crippen LogP contribution in [-0.2, 0) is 4.79 Å². The van der Waals surface area contributed by atoms with Crippen molar-refractivity contribution >= 4 is 18.0 Å². The van der Waals surface area contributed by atoms with Crippen LogP contribution in [0.2, 0.25) is 0 Å². The highest BCUT2D eigenvalue weighted by Crippen LogP contribution is 2.10. The maximum atomic E-state index is 11.0. The van der Waals surface area contributed by atoms with E-state index >= 15 is 0 Å². The Balaban J connectivity index is 2.81. The molecule has 3 heteroatoms. The summed E-state index contributed by atoms with van der Waals surface area (Å²) in [5.41, 5.74) is 0.877. The van der Waals surface area contributed by atoms with Crippen LogP contribution in [0.3, 0.4) is 0 Å². The Bertz CT molecular complexity index is 206. The van der Waals surface area contributed by atoms with Crippen molar-refractivity contribution in [2.24, 2.45) is 15.9 Å². The van der Waals surface area contributed by atoms with Gasteiger partial charge in [-0.25, -0.2) is 9.98 Å². The van der Waals surface area contributed by atoms with Crippen molar-refractivity contribution in [1.82, 2.24) is 0 Å². The summed E-state index contributed by atoms with van der Waals surface area (Å²) >= 11 is 0. The van der Waals surface area contributed by atoms with E-state index in [2.05, 4.69) is 9.98 Å². The smallest absolute Gasteiger partial charge is 0.255 e. The summed E-state index contributed by atoms with van der Waals surface area (Å²) in [6.45, 7) is 3.82. The van der Waals surface area contributed by atoms with Gasteiger partial charge in [0, 0.05) is 5.71 Å². The normalized spacial score (nSPS) is 24.8. The van der Waals surface area contributed by atoms with E-state index < -0.39 is 0 Å². The number of aliphatic imine (C=N–C) groups is 2. The summed E-state index contributed by atoms with van der Waals surface area (Å²) < 4.78 is 0. The lowest BCUT2D eigenvalue weighted by atomic mass is 10.0. The molecule has 0 spiro atoms. The van der Waals surface area contributed by atoms with Gasteiger partial charge in [0.15, 0.2) is 0 Å². The number of hydrogen-bond acceptors (Lipinski definition) is 2. The molecule has 10 heavy (non-hydrogen) atoms. The Morgan fingerprint density at radius 1 is 1.70 bits per heavy atom.